The van der Waals surface area contributed by atoms with Crippen LogP contribution in [-0.4, -0.2) is 7.11 Å². The van der Waals surface area contributed by atoms with Crippen molar-refractivity contribution in [3.05, 3.63) is 77.4 Å². The minimum absolute atomic E-state index is 0.928. The zero-order valence-electron chi connectivity index (χ0n) is 15.2. The van der Waals surface area contributed by atoms with E-state index in [0.717, 1.165) is 5.75 Å². The molecule has 124 valence electrons. The molecule has 0 heterocycles. The Morgan fingerprint density at radius 3 is 2.08 bits per heavy atom. The predicted octanol–water partition coefficient (Wildman–Crippen LogP) is 6.59. The van der Waals surface area contributed by atoms with Crippen molar-refractivity contribution in [1.82, 2.24) is 0 Å². The van der Waals surface area contributed by atoms with Crippen LogP contribution in [0.5, 0.6) is 5.75 Å². The number of rotatable bonds is 2. The molecular weight excluding hydrogens is 304 g/mol. The highest BCUT2D eigenvalue weighted by Gasteiger charge is 2.17. The van der Waals surface area contributed by atoms with Gasteiger partial charge in [-0.3, -0.25) is 0 Å². The Labute approximate surface area is 148 Å². The van der Waals surface area contributed by atoms with E-state index in [-0.39, 0.29) is 0 Å². The average molecular weight is 326 g/mol. The molecule has 1 nitrogen and oxygen atoms in total. The van der Waals surface area contributed by atoms with Gasteiger partial charge in [-0.15, -0.1) is 0 Å². The van der Waals surface area contributed by atoms with E-state index in [1.165, 1.54) is 49.4 Å². The molecule has 1 heteroatoms. The van der Waals surface area contributed by atoms with Gasteiger partial charge in [0.05, 0.1) is 7.11 Å². The maximum Gasteiger partial charge on any atom is 0.127 e. The van der Waals surface area contributed by atoms with Crippen LogP contribution < -0.4 is 4.74 Å². The molecule has 0 aliphatic rings. The maximum atomic E-state index is 5.74. The van der Waals surface area contributed by atoms with Crippen LogP contribution in [0.15, 0.2) is 60.7 Å². The van der Waals surface area contributed by atoms with E-state index in [0.29, 0.717) is 0 Å². The molecule has 4 aromatic carbocycles. The van der Waals surface area contributed by atoms with Gasteiger partial charge in [0, 0.05) is 10.9 Å². The molecule has 0 atom stereocenters. The van der Waals surface area contributed by atoms with E-state index in [9.17, 15) is 0 Å². The van der Waals surface area contributed by atoms with Crippen LogP contribution in [0.4, 0.5) is 0 Å². The number of benzene rings is 4. The van der Waals surface area contributed by atoms with Crippen LogP contribution >= 0.6 is 0 Å². The van der Waals surface area contributed by atoms with Gasteiger partial charge >= 0.3 is 0 Å². The molecule has 0 fully saturated rings. The van der Waals surface area contributed by atoms with Crippen LogP contribution in [0, 0.1) is 20.8 Å². The van der Waals surface area contributed by atoms with Gasteiger partial charge < -0.3 is 4.74 Å². The van der Waals surface area contributed by atoms with Crippen LogP contribution in [0.3, 0.4) is 0 Å². The normalized spacial score (nSPS) is 11.2. The van der Waals surface area contributed by atoms with Crippen molar-refractivity contribution in [1.29, 1.82) is 0 Å². The molecule has 0 saturated heterocycles. The third-order valence-electron chi connectivity index (χ3n) is 5.00. The Morgan fingerprint density at radius 1 is 0.680 bits per heavy atom. The van der Waals surface area contributed by atoms with Gasteiger partial charge in [0.15, 0.2) is 0 Å². The lowest BCUT2D eigenvalue weighted by atomic mass is 9.86. The first-order chi connectivity index (χ1) is 12.1. The van der Waals surface area contributed by atoms with E-state index in [2.05, 4.69) is 81.4 Å². The second-order valence-corrected chi connectivity index (χ2v) is 6.80. The van der Waals surface area contributed by atoms with Crippen molar-refractivity contribution in [2.24, 2.45) is 0 Å². The third-order valence-corrected chi connectivity index (χ3v) is 5.00. The van der Waals surface area contributed by atoms with Gasteiger partial charge in [-0.05, 0) is 65.8 Å². The lowest BCUT2D eigenvalue weighted by Gasteiger charge is -2.18. The molecule has 0 bridgehead atoms. The van der Waals surface area contributed by atoms with Gasteiger partial charge in [0.1, 0.15) is 5.75 Å². The zero-order valence-corrected chi connectivity index (χ0v) is 15.2. The highest BCUT2D eigenvalue weighted by atomic mass is 16.5. The molecule has 0 aliphatic carbocycles. The van der Waals surface area contributed by atoms with Crippen molar-refractivity contribution in [2.75, 3.05) is 7.11 Å². The smallest absolute Gasteiger partial charge is 0.127 e. The largest absolute Gasteiger partial charge is 0.496 e. The van der Waals surface area contributed by atoms with Crippen LogP contribution in [0.2, 0.25) is 0 Å². The van der Waals surface area contributed by atoms with Crippen molar-refractivity contribution in [3.63, 3.8) is 0 Å². The highest BCUT2D eigenvalue weighted by Crippen LogP contribution is 2.43. The summed E-state index contributed by atoms with van der Waals surface area (Å²) in [5, 5.41) is 4.94. The summed E-state index contributed by atoms with van der Waals surface area (Å²) >= 11 is 0. The third kappa shape index (κ3) is 2.47. The second kappa shape index (κ2) is 5.93. The Hall–Kier alpha value is -2.80. The Bertz CT molecular complexity index is 1080. The summed E-state index contributed by atoms with van der Waals surface area (Å²) in [7, 11) is 1.75. The summed E-state index contributed by atoms with van der Waals surface area (Å²) in [5.41, 5.74) is 6.51. The van der Waals surface area contributed by atoms with Crippen molar-refractivity contribution >= 4 is 21.5 Å². The number of ether oxygens (including phenoxy) is 1. The van der Waals surface area contributed by atoms with E-state index in [1.54, 1.807) is 7.11 Å². The quantitative estimate of drug-likeness (QED) is 0.377. The van der Waals surface area contributed by atoms with Crippen LogP contribution in [0.25, 0.3) is 32.7 Å². The topological polar surface area (TPSA) is 9.23 Å². The Morgan fingerprint density at radius 2 is 1.36 bits per heavy atom. The van der Waals surface area contributed by atoms with Crippen LogP contribution in [0.1, 0.15) is 16.7 Å². The molecule has 25 heavy (non-hydrogen) atoms. The summed E-state index contributed by atoms with van der Waals surface area (Å²) in [6.07, 6.45) is 0. The second-order valence-electron chi connectivity index (χ2n) is 6.80. The van der Waals surface area contributed by atoms with Gasteiger partial charge in [-0.2, -0.15) is 0 Å². The Kier molecular flexibility index (Phi) is 3.73. The number of hydrogen-bond donors (Lipinski definition) is 0. The summed E-state index contributed by atoms with van der Waals surface area (Å²) in [6, 6.07) is 21.7. The lowest BCUT2D eigenvalue weighted by molar-refractivity contribution is 0.420. The zero-order chi connectivity index (χ0) is 17.6. The fourth-order valence-corrected chi connectivity index (χ4v) is 4.09. The molecule has 0 unspecified atom stereocenters. The fourth-order valence-electron chi connectivity index (χ4n) is 4.09. The molecule has 0 saturated carbocycles. The van der Waals surface area contributed by atoms with E-state index in [1.807, 2.05) is 0 Å². The first-order valence-electron chi connectivity index (χ1n) is 8.67. The highest BCUT2D eigenvalue weighted by molar-refractivity contribution is 6.15. The average Bonchev–Trinajstić information content (AvgIpc) is 2.59. The number of aryl methyl sites for hydroxylation is 3. The Balaban J connectivity index is 2.28. The standard InChI is InChI=1S/C24H22O/c1-15-12-16(2)22(17(3)13-15)24-20-10-6-5-8-18(20)14-19-9-7-11-21(25-4)23(19)24/h5-14H,1-4H3. The van der Waals surface area contributed by atoms with Gasteiger partial charge in [-0.25, -0.2) is 0 Å². The number of methoxy groups -OCH3 is 1. The molecular formula is C24H22O. The van der Waals surface area contributed by atoms with Crippen molar-refractivity contribution in [3.8, 4) is 16.9 Å². The predicted molar refractivity (Wildman–Crippen MR) is 108 cm³/mol. The fraction of sp³-hybridized carbons (Fsp3) is 0.167. The maximum absolute atomic E-state index is 5.74. The van der Waals surface area contributed by atoms with Gasteiger partial charge in [0.25, 0.3) is 0 Å². The number of hydrogen-bond acceptors (Lipinski definition) is 1. The lowest BCUT2D eigenvalue weighted by Crippen LogP contribution is -1.95. The van der Waals surface area contributed by atoms with Crippen LogP contribution in [-0.2, 0) is 0 Å². The summed E-state index contributed by atoms with van der Waals surface area (Å²) in [5.74, 6) is 0.928. The monoisotopic (exact) mass is 326 g/mol. The molecule has 4 aromatic rings. The van der Waals surface area contributed by atoms with E-state index >= 15 is 0 Å². The summed E-state index contributed by atoms with van der Waals surface area (Å²) < 4.78 is 5.74. The summed E-state index contributed by atoms with van der Waals surface area (Å²) in [4.78, 5) is 0. The first kappa shape index (κ1) is 15.7. The molecule has 0 amide bonds. The van der Waals surface area contributed by atoms with Crippen molar-refractivity contribution in [2.45, 2.75) is 20.8 Å². The van der Waals surface area contributed by atoms with E-state index in [4.69, 9.17) is 4.74 Å². The molecule has 0 radical (unpaired) electrons. The first-order valence-corrected chi connectivity index (χ1v) is 8.67. The summed E-state index contributed by atoms with van der Waals surface area (Å²) in [6.45, 7) is 6.57. The molecule has 0 aliphatic heterocycles. The molecule has 0 N–H and O–H groups in total. The minimum Gasteiger partial charge on any atom is -0.496 e. The number of fused-ring (bicyclic) bond motifs is 2. The molecule has 0 aromatic heterocycles. The minimum atomic E-state index is 0.928. The molecule has 4 rings (SSSR count). The van der Waals surface area contributed by atoms with Gasteiger partial charge in [0.2, 0.25) is 0 Å². The molecule has 0 spiro atoms. The SMILES string of the molecule is COc1cccc2cc3ccccc3c(-c3c(C)cc(C)cc3C)c12. The van der Waals surface area contributed by atoms with E-state index < -0.39 is 0 Å². The van der Waals surface area contributed by atoms with Gasteiger partial charge in [-0.1, -0.05) is 54.1 Å². The van der Waals surface area contributed by atoms with Crippen molar-refractivity contribution < 1.29 is 4.74 Å².